The second kappa shape index (κ2) is 5.18. The van der Waals surface area contributed by atoms with E-state index in [1.807, 2.05) is 0 Å². The van der Waals surface area contributed by atoms with Gasteiger partial charge in [-0.05, 0) is 42.8 Å². The number of aryl methyl sites for hydroxylation is 1. The van der Waals surface area contributed by atoms with Gasteiger partial charge in [0, 0.05) is 5.56 Å². The summed E-state index contributed by atoms with van der Waals surface area (Å²) in [7, 11) is 1.39. The lowest BCUT2D eigenvalue weighted by Gasteiger charge is -2.09. The van der Waals surface area contributed by atoms with Crippen LogP contribution in [0.25, 0.3) is 0 Å². The highest BCUT2D eigenvalue weighted by Gasteiger charge is 2.17. The van der Waals surface area contributed by atoms with Crippen molar-refractivity contribution >= 4 is 5.78 Å². The van der Waals surface area contributed by atoms with Crippen molar-refractivity contribution in [1.82, 2.24) is 0 Å². The van der Waals surface area contributed by atoms with Gasteiger partial charge in [-0.3, -0.25) is 4.79 Å². The van der Waals surface area contributed by atoms with E-state index in [-0.39, 0.29) is 16.9 Å². The third kappa shape index (κ3) is 2.62. The first-order valence-electron chi connectivity index (χ1n) is 5.67. The number of hydrogen-bond donors (Lipinski definition) is 0. The van der Waals surface area contributed by atoms with Gasteiger partial charge < -0.3 is 4.74 Å². The Balaban J connectivity index is 2.55. The standard InChI is InChI=1S/C15H12F2O2/c1-9-3-4-10(16)7-12(9)15(18)13-8-11(17)5-6-14(13)19-2/h3-8H,1-2H3. The number of halogens is 2. The van der Waals surface area contributed by atoms with E-state index < -0.39 is 17.4 Å². The Labute approximate surface area is 109 Å². The van der Waals surface area contributed by atoms with Crippen LogP contribution in [0.1, 0.15) is 21.5 Å². The smallest absolute Gasteiger partial charge is 0.197 e. The van der Waals surface area contributed by atoms with Crippen molar-refractivity contribution in [3.05, 3.63) is 64.7 Å². The molecule has 98 valence electrons. The summed E-state index contributed by atoms with van der Waals surface area (Å²) in [5.41, 5.74) is 0.901. The van der Waals surface area contributed by atoms with Crippen LogP contribution in [0.5, 0.6) is 5.75 Å². The van der Waals surface area contributed by atoms with Gasteiger partial charge >= 0.3 is 0 Å². The molecule has 2 aromatic carbocycles. The largest absolute Gasteiger partial charge is 0.496 e. The fourth-order valence-electron chi connectivity index (χ4n) is 1.84. The topological polar surface area (TPSA) is 26.3 Å². The van der Waals surface area contributed by atoms with Crippen LogP contribution in [0, 0.1) is 18.6 Å². The maximum atomic E-state index is 13.3. The minimum absolute atomic E-state index is 0.0798. The Bertz CT molecular complexity index is 636. The van der Waals surface area contributed by atoms with Crippen LogP contribution in [-0.2, 0) is 0 Å². The molecule has 0 aromatic heterocycles. The van der Waals surface area contributed by atoms with Crippen LogP contribution >= 0.6 is 0 Å². The normalized spacial score (nSPS) is 10.3. The molecule has 0 spiro atoms. The van der Waals surface area contributed by atoms with E-state index >= 15 is 0 Å². The Morgan fingerprint density at radius 1 is 1.00 bits per heavy atom. The molecule has 0 N–H and O–H groups in total. The molecule has 0 radical (unpaired) electrons. The number of methoxy groups -OCH3 is 1. The number of hydrogen-bond acceptors (Lipinski definition) is 2. The molecule has 2 nitrogen and oxygen atoms in total. The van der Waals surface area contributed by atoms with Gasteiger partial charge in [-0.1, -0.05) is 6.07 Å². The highest BCUT2D eigenvalue weighted by molar-refractivity contribution is 6.11. The van der Waals surface area contributed by atoms with E-state index in [1.54, 1.807) is 6.92 Å². The van der Waals surface area contributed by atoms with E-state index in [1.165, 1.54) is 31.4 Å². The molecule has 4 heteroatoms. The molecule has 0 atom stereocenters. The number of carbonyl (C=O) groups excluding carboxylic acids is 1. The lowest BCUT2D eigenvalue weighted by molar-refractivity contribution is 0.103. The zero-order valence-corrected chi connectivity index (χ0v) is 10.5. The third-order valence-electron chi connectivity index (χ3n) is 2.85. The molecule has 0 aliphatic rings. The first kappa shape index (κ1) is 13.2. The lowest BCUT2D eigenvalue weighted by Crippen LogP contribution is -2.07. The molecular formula is C15H12F2O2. The highest BCUT2D eigenvalue weighted by atomic mass is 19.1. The molecule has 0 bridgehead atoms. The fourth-order valence-corrected chi connectivity index (χ4v) is 1.84. The second-order valence-corrected chi connectivity index (χ2v) is 4.13. The highest BCUT2D eigenvalue weighted by Crippen LogP contribution is 2.24. The average molecular weight is 262 g/mol. The summed E-state index contributed by atoms with van der Waals surface area (Å²) in [6.45, 7) is 1.69. The maximum absolute atomic E-state index is 13.3. The Kier molecular flexibility index (Phi) is 3.60. The van der Waals surface area contributed by atoms with E-state index in [0.717, 1.165) is 12.1 Å². The number of rotatable bonds is 3. The zero-order chi connectivity index (χ0) is 14.0. The summed E-state index contributed by atoms with van der Waals surface area (Å²) < 4.78 is 31.5. The summed E-state index contributed by atoms with van der Waals surface area (Å²) in [5, 5.41) is 0. The molecular weight excluding hydrogens is 250 g/mol. The minimum atomic E-state index is -0.543. The fraction of sp³-hybridized carbons (Fsp3) is 0.133. The predicted octanol–water partition coefficient (Wildman–Crippen LogP) is 3.51. The quantitative estimate of drug-likeness (QED) is 0.791. The van der Waals surface area contributed by atoms with Crippen molar-refractivity contribution in [2.24, 2.45) is 0 Å². The van der Waals surface area contributed by atoms with Crippen molar-refractivity contribution in [2.45, 2.75) is 6.92 Å². The van der Waals surface area contributed by atoms with Crippen molar-refractivity contribution < 1.29 is 18.3 Å². The van der Waals surface area contributed by atoms with Crippen LogP contribution in [-0.4, -0.2) is 12.9 Å². The monoisotopic (exact) mass is 262 g/mol. The van der Waals surface area contributed by atoms with Crippen LogP contribution in [0.3, 0.4) is 0 Å². The third-order valence-corrected chi connectivity index (χ3v) is 2.85. The van der Waals surface area contributed by atoms with E-state index in [2.05, 4.69) is 0 Å². The SMILES string of the molecule is COc1ccc(F)cc1C(=O)c1cc(F)ccc1C. The molecule has 0 heterocycles. The molecule has 0 saturated heterocycles. The zero-order valence-electron chi connectivity index (χ0n) is 10.5. The van der Waals surface area contributed by atoms with E-state index in [0.29, 0.717) is 5.56 Å². The van der Waals surface area contributed by atoms with Gasteiger partial charge in [0.05, 0.1) is 12.7 Å². The van der Waals surface area contributed by atoms with Gasteiger partial charge in [0.15, 0.2) is 5.78 Å². The van der Waals surface area contributed by atoms with Crippen LogP contribution in [0.15, 0.2) is 36.4 Å². The minimum Gasteiger partial charge on any atom is -0.496 e. The van der Waals surface area contributed by atoms with Crippen LogP contribution < -0.4 is 4.74 Å². The van der Waals surface area contributed by atoms with Gasteiger partial charge in [-0.15, -0.1) is 0 Å². The molecule has 0 aliphatic heterocycles. The molecule has 19 heavy (non-hydrogen) atoms. The van der Waals surface area contributed by atoms with Gasteiger partial charge in [0.25, 0.3) is 0 Å². The summed E-state index contributed by atoms with van der Waals surface area (Å²) in [4.78, 5) is 12.3. The second-order valence-electron chi connectivity index (χ2n) is 4.13. The number of ether oxygens (including phenoxy) is 1. The molecule has 0 fully saturated rings. The van der Waals surface area contributed by atoms with E-state index in [9.17, 15) is 13.6 Å². The van der Waals surface area contributed by atoms with Gasteiger partial charge in [0.1, 0.15) is 17.4 Å². The Morgan fingerprint density at radius 2 is 1.58 bits per heavy atom. The molecule has 2 rings (SSSR count). The van der Waals surface area contributed by atoms with Crippen molar-refractivity contribution in [3.63, 3.8) is 0 Å². The Hall–Kier alpha value is -2.23. The van der Waals surface area contributed by atoms with Crippen molar-refractivity contribution in [3.8, 4) is 5.75 Å². The van der Waals surface area contributed by atoms with Crippen LogP contribution in [0.4, 0.5) is 8.78 Å². The van der Waals surface area contributed by atoms with E-state index in [4.69, 9.17) is 4.74 Å². The summed E-state index contributed by atoms with van der Waals surface area (Å²) in [5.74, 6) is -1.26. The van der Waals surface area contributed by atoms with Crippen LogP contribution in [0.2, 0.25) is 0 Å². The maximum Gasteiger partial charge on any atom is 0.197 e. The number of carbonyl (C=O) groups is 1. The molecule has 0 saturated carbocycles. The first-order chi connectivity index (χ1) is 9.02. The lowest BCUT2D eigenvalue weighted by atomic mass is 9.98. The van der Waals surface area contributed by atoms with Gasteiger partial charge in [-0.25, -0.2) is 8.78 Å². The molecule has 0 unspecified atom stereocenters. The first-order valence-corrected chi connectivity index (χ1v) is 5.67. The number of ketones is 1. The predicted molar refractivity (Wildman–Crippen MR) is 67.5 cm³/mol. The molecule has 0 amide bonds. The molecule has 0 aliphatic carbocycles. The van der Waals surface area contributed by atoms with Gasteiger partial charge in [0.2, 0.25) is 0 Å². The van der Waals surface area contributed by atoms with Crippen molar-refractivity contribution in [1.29, 1.82) is 0 Å². The summed E-state index contributed by atoms with van der Waals surface area (Å²) >= 11 is 0. The summed E-state index contributed by atoms with van der Waals surface area (Å²) in [6, 6.07) is 7.59. The van der Waals surface area contributed by atoms with Crippen molar-refractivity contribution in [2.75, 3.05) is 7.11 Å². The summed E-state index contributed by atoms with van der Waals surface area (Å²) in [6.07, 6.45) is 0. The molecule has 2 aromatic rings. The van der Waals surface area contributed by atoms with Gasteiger partial charge in [-0.2, -0.15) is 0 Å². The number of benzene rings is 2. The average Bonchev–Trinajstić information content (AvgIpc) is 2.40. The Morgan fingerprint density at radius 3 is 2.21 bits per heavy atom.